The van der Waals surface area contributed by atoms with Crippen molar-refractivity contribution >= 4 is 11.7 Å². The molecule has 0 radical (unpaired) electrons. The Morgan fingerprint density at radius 2 is 1.52 bits per heavy atom. The zero-order valence-corrected chi connectivity index (χ0v) is 14.4. The van der Waals surface area contributed by atoms with E-state index in [9.17, 15) is 9.59 Å². The van der Waals surface area contributed by atoms with Crippen LogP contribution < -0.4 is 0 Å². The van der Waals surface area contributed by atoms with Gasteiger partial charge in [-0.25, -0.2) is 0 Å². The molecule has 128 valence electrons. The minimum absolute atomic E-state index is 0.0750. The Hall–Kier alpha value is -2.68. The Labute approximate surface area is 149 Å². The molecule has 1 fully saturated rings. The lowest BCUT2D eigenvalue weighted by Crippen LogP contribution is -2.26. The van der Waals surface area contributed by atoms with Crippen molar-refractivity contribution in [2.45, 2.75) is 38.6 Å². The average molecular weight is 333 g/mol. The number of carbonyl (C=O) groups excluding carboxylic acids is 2. The van der Waals surface area contributed by atoms with Crippen molar-refractivity contribution in [3.05, 3.63) is 83.6 Å². The molecule has 1 saturated carbocycles. The van der Waals surface area contributed by atoms with Crippen molar-refractivity contribution in [2.24, 2.45) is 0 Å². The fourth-order valence-electron chi connectivity index (χ4n) is 3.11. The molecule has 0 bridgehead atoms. The van der Waals surface area contributed by atoms with Crippen LogP contribution in [0.1, 0.15) is 48.0 Å². The second-order valence-corrected chi connectivity index (χ2v) is 6.42. The normalized spacial score (nSPS) is 16.5. The van der Waals surface area contributed by atoms with Gasteiger partial charge >= 0.3 is 0 Å². The van der Waals surface area contributed by atoms with Gasteiger partial charge in [-0.05, 0) is 37.0 Å². The standard InChI is InChI=1S/C22H23NO2/c24-21-15-9-3-8-14-20(21)17-23(16-18-10-4-1-5-11-18)22(25)19-12-6-2-7-13-19/h1-2,4-7,10-13,17H,3,8-9,14-16H2/b20-17+. The number of hydrogen-bond acceptors (Lipinski definition) is 2. The Kier molecular flexibility index (Phi) is 5.78. The summed E-state index contributed by atoms with van der Waals surface area (Å²) in [6.07, 6.45) is 6.17. The number of hydrogen-bond donors (Lipinski definition) is 0. The van der Waals surface area contributed by atoms with E-state index in [4.69, 9.17) is 0 Å². The summed E-state index contributed by atoms with van der Waals surface area (Å²) in [5, 5.41) is 0. The molecule has 1 aliphatic rings. The molecule has 3 nitrogen and oxygen atoms in total. The van der Waals surface area contributed by atoms with Crippen LogP contribution in [0.4, 0.5) is 0 Å². The highest BCUT2D eigenvalue weighted by Gasteiger charge is 2.19. The van der Waals surface area contributed by atoms with E-state index in [1.165, 1.54) is 0 Å². The molecule has 1 amide bonds. The summed E-state index contributed by atoms with van der Waals surface area (Å²) in [6.45, 7) is 0.464. The van der Waals surface area contributed by atoms with Gasteiger partial charge in [0.2, 0.25) is 0 Å². The second-order valence-electron chi connectivity index (χ2n) is 6.42. The molecule has 0 atom stereocenters. The van der Waals surface area contributed by atoms with Crippen molar-refractivity contribution in [1.29, 1.82) is 0 Å². The van der Waals surface area contributed by atoms with Crippen LogP contribution in [0.15, 0.2) is 72.4 Å². The first-order chi connectivity index (χ1) is 12.2. The monoisotopic (exact) mass is 333 g/mol. The third-order valence-electron chi connectivity index (χ3n) is 4.50. The maximum Gasteiger partial charge on any atom is 0.258 e. The summed E-state index contributed by atoms with van der Waals surface area (Å²) in [4.78, 5) is 27.0. The smallest absolute Gasteiger partial charge is 0.258 e. The van der Waals surface area contributed by atoms with Gasteiger partial charge in [0.05, 0.1) is 6.54 Å². The molecule has 0 unspecified atom stereocenters. The molecular formula is C22H23NO2. The molecule has 25 heavy (non-hydrogen) atoms. The molecule has 0 spiro atoms. The predicted molar refractivity (Wildman–Crippen MR) is 98.9 cm³/mol. The van der Waals surface area contributed by atoms with E-state index in [2.05, 4.69) is 0 Å². The predicted octanol–water partition coefficient (Wildman–Crippen LogP) is 4.75. The van der Waals surface area contributed by atoms with E-state index in [1.807, 2.05) is 60.7 Å². The molecule has 0 aromatic heterocycles. The third kappa shape index (κ3) is 4.66. The van der Waals surface area contributed by atoms with Crippen LogP contribution in [0.2, 0.25) is 0 Å². The van der Waals surface area contributed by atoms with Crippen molar-refractivity contribution in [2.75, 3.05) is 0 Å². The van der Waals surface area contributed by atoms with Crippen LogP contribution in [-0.2, 0) is 11.3 Å². The fourth-order valence-corrected chi connectivity index (χ4v) is 3.11. The Balaban J connectivity index is 1.90. The van der Waals surface area contributed by atoms with E-state index < -0.39 is 0 Å². The maximum atomic E-state index is 13.0. The van der Waals surface area contributed by atoms with Gasteiger partial charge in [-0.3, -0.25) is 9.59 Å². The molecule has 1 aliphatic carbocycles. The van der Waals surface area contributed by atoms with Gasteiger partial charge in [0.15, 0.2) is 5.78 Å². The molecule has 2 aromatic carbocycles. The van der Waals surface area contributed by atoms with E-state index in [0.717, 1.165) is 36.8 Å². The Morgan fingerprint density at radius 3 is 2.24 bits per heavy atom. The minimum Gasteiger partial charge on any atom is -0.310 e. The van der Waals surface area contributed by atoms with Crippen molar-refractivity contribution in [3.8, 4) is 0 Å². The molecule has 2 aromatic rings. The Bertz CT molecular complexity index is 750. The zero-order valence-electron chi connectivity index (χ0n) is 14.4. The number of carbonyl (C=O) groups is 2. The summed E-state index contributed by atoms with van der Waals surface area (Å²) in [6, 6.07) is 19.1. The molecule has 0 heterocycles. The highest BCUT2D eigenvalue weighted by atomic mass is 16.2. The van der Waals surface area contributed by atoms with Gasteiger partial charge in [-0.2, -0.15) is 0 Å². The minimum atomic E-state index is -0.0750. The fraction of sp³-hybridized carbons (Fsp3) is 0.273. The summed E-state index contributed by atoms with van der Waals surface area (Å²) in [7, 11) is 0. The number of ketones is 1. The van der Waals surface area contributed by atoms with Crippen molar-refractivity contribution in [3.63, 3.8) is 0 Å². The van der Waals surface area contributed by atoms with E-state index in [0.29, 0.717) is 18.5 Å². The number of rotatable bonds is 4. The SMILES string of the molecule is O=C1CCCCC/C1=C\N(Cc1ccccc1)C(=O)c1ccccc1. The lowest BCUT2D eigenvalue weighted by molar-refractivity contribution is -0.115. The largest absolute Gasteiger partial charge is 0.310 e. The number of Topliss-reactive ketones (excluding diaryl/α,β-unsaturated/α-hetero) is 1. The lowest BCUT2D eigenvalue weighted by Gasteiger charge is -2.20. The quantitative estimate of drug-likeness (QED) is 0.598. The van der Waals surface area contributed by atoms with Crippen molar-refractivity contribution < 1.29 is 9.59 Å². The first-order valence-electron chi connectivity index (χ1n) is 8.88. The van der Waals surface area contributed by atoms with Crippen LogP contribution in [0.25, 0.3) is 0 Å². The molecule has 3 heteroatoms. The van der Waals surface area contributed by atoms with Crippen LogP contribution >= 0.6 is 0 Å². The van der Waals surface area contributed by atoms with Gasteiger partial charge in [0.1, 0.15) is 0 Å². The van der Waals surface area contributed by atoms with Crippen molar-refractivity contribution in [1.82, 2.24) is 4.90 Å². The van der Waals surface area contributed by atoms with Crippen LogP contribution in [0.3, 0.4) is 0 Å². The first-order valence-corrected chi connectivity index (χ1v) is 8.88. The number of allylic oxidation sites excluding steroid dienone is 1. The maximum absolute atomic E-state index is 13.0. The molecule has 3 rings (SSSR count). The van der Waals surface area contributed by atoms with E-state index in [1.54, 1.807) is 11.1 Å². The zero-order chi connectivity index (χ0) is 17.5. The van der Waals surface area contributed by atoms with Gasteiger partial charge in [0.25, 0.3) is 5.91 Å². The van der Waals surface area contributed by atoms with Crippen LogP contribution in [0.5, 0.6) is 0 Å². The van der Waals surface area contributed by atoms with E-state index in [-0.39, 0.29) is 11.7 Å². The topological polar surface area (TPSA) is 37.4 Å². The molecule has 0 aliphatic heterocycles. The first kappa shape index (κ1) is 17.2. The number of nitrogens with zero attached hydrogens (tertiary/aromatic N) is 1. The molecular weight excluding hydrogens is 310 g/mol. The van der Waals surface area contributed by atoms with Crippen LogP contribution in [-0.4, -0.2) is 16.6 Å². The van der Waals surface area contributed by atoms with Gasteiger partial charge in [-0.15, -0.1) is 0 Å². The summed E-state index contributed by atoms with van der Waals surface area (Å²) in [5.41, 5.74) is 2.46. The third-order valence-corrected chi connectivity index (χ3v) is 4.50. The molecule has 0 saturated heterocycles. The summed E-state index contributed by atoms with van der Waals surface area (Å²) >= 11 is 0. The Morgan fingerprint density at radius 1 is 0.880 bits per heavy atom. The lowest BCUT2D eigenvalue weighted by atomic mass is 10.1. The number of benzene rings is 2. The van der Waals surface area contributed by atoms with Gasteiger partial charge in [0, 0.05) is 23.8 Å². The average Bonchev–Trinajstić information content (AvgIpc) is 2.86. The molecule has 0 N–H and O–H groups in total. The van der Waals surface area contributed by atoms with Gasteiger partial charge < -0.3 is 4.90 Å². The van der Waals surface area contributed by atoms with E-state index >= 15 is 0 Å². The second kappa shape index (κ2) is 8.43. The summed E-state index contributed by atoms with van der Waals surface area (Å²) in [5.74, 6) is 0.102. The van der Waals surface area contributed by atoms with Gasteiger partial charge in [-0.1, -0.05) is 55.0 Å². The summed E-state index contributed by atoms with van der Waals surface area (Å²) < 4.78 is 0. The van der Waals surface area contributed by atoms with Crippen LogP contribution in [0, 0.1) is 0 Å². The highest BCUT2D eigenvalue weighted by Crippen LogP contribution is 2.21. The highest BCUT2D eigenvalue weighted by molar-refractivity contribution is 5.98. The number of amides is 1.